The van der Waals surface area contributed by atoms with Gasteiger partial charge >= 0.3 is 0 Å². The highest BCUT2D eigenvalue weighted by Gasteiger charge is 2.34. The maximum absolute atomic E-state index is 12.6. The van der Waals surface area contributed by atoms with Crippen LogP contribution in [0.1, 0.15) is 11.1 Å². The molecule has 0 radical (unpaired) electrons. The van der Waals surface area contributed by atoms with Gasteiger partial charge in [0.1, 0.15) is 17.5 Å². The highest BCUT2D eigenvalue weighted by molar-refractivity contribution is 6.07. The predicted octanol–water partition coefficient (Wildman–Crippen LogP) is 2.24. The van der Waals surface area contributed by atoms with Crippen LogP contribution in [0.3, 0.4) is 0 Å². The molecule has 0 saturated carbocycles. The van der Waals surface area contributed by atoms with E-state index in [0.29, 0.717) is 12.1 Å². The zero-order chi connectivity index (χ0) is 17.8. The molecule has 3 rings (SSSR count). The number of carbonyl (C=O) groups excluding carboxylic acids is 2. The van der Waals surface area contributed by atoms with Crippen LogP contribution >= 0.6 is 0 Å². The van der Waals surface area contributed by atoms with Crippen molar-refractivity contribution in [3.63, 3.8) is 0 Å². The van der Waals surface area contributed by atoms with E-state index in [0.717, 1.165) is 16.9 Å². The minimum absolute atomic E-state index is 0.122. The summed E-state index contributed by atoms with van der Waals surface area (Å²) >= 11 is 0. The Hall–Kier alpha value is -3.08. The summed E-state index contributed by atoms with van der Waals surface area (Å²) in [6.45, 7) is 0. The molecule has 0 aromatic heterocycles. The fourth-order valence-electron chi connectivity index (χ4n) is 2.81. The molecule has 0 bridgehead atoms. The summed E-state index contributed by atoms with van der Waals surface area (Å²) in [5.74, 6) is 0.365. The first-order valence-electron chi connectivity index (χ1n) is 8.06. The smallest absolute Gasteiger partial charge is 0.268 e. The Balaban J connectivity index is 1.79. The van der Waals surface area contributed by atoms with Crippen LogP contribution in [0.5, 0.6) is 5.75 Å². The Morgan fingerprint density at radius 1 is 1.08 bits per heavy atom. The van der Waals surface area contributed by atoms with Crippen LogP contribution < -0.4 is 10.1 Å². The maximum Gasteiger partial charge on any atom is 0.268 e. The van der Waals surface area contributed by atoms with Crippen LogP contribution in [0.2, 0.25) is 0 Å². The van der Waals surface area contributed by atoms with E-state index in [1.165, 1.54) is 4.90 Å². The number of ether oxygens (including phenoxy) is 1. The van der Waals surface area contributed by atoms with Gasteiger partial charge in [-0.1, -0.05) is 42.5 Å². The quantitative estimate of drug-likeness (QED) is 0.871. The SMILES string of the molecule is COc1ccc(/C=C2/C(=O)NC(Cc3ccccc3)C(=O)N2C)cc1. The van der Waals surface area contributed by atoms with Crippen LogP contribution in [0.4, 0.5) is 0 Å². The molecule has 0 aliphatic carbocycles. The Morgan fingerprint density at radius 2 is 1.76 bits per heavy atom. The van der Waals surface area contributed by atoms with Gasteiger partial charge in [-0.2, -0.15) is 0 Å². The van der Waals surface area contributed by atoms with E-state index < -0.39 is 6.04 Å². The van der Waals surface area contributed by atoms with Crippen LogP contribution in [0.25, 0.3) is 6.08 Å². The lowest BCUT2D eigenvalue weighted by Crippen LogP contribution is -2.56. The lowest BCUT2D eigenvalue weighted by atomic mass is 10.0. The van der Waals surface area contributed by atoms with E-state index >= 15 is 0 Å². The number of hydrogen-bond acceptors (Lipinski definition) is 3. The summed E-state index contributed by atoms with van der Waals surface area (Å²) < 4.78 is 5.12. The molecule has 0 spiro atoms. The van der Waals surface area contributed by atoms with Gasteiger partial charge in [0.2, 0.25) is 5.91 Å². The molecule has 2 amide bonds. The molecular weight excluding hydrogens is 316 g/mol. The van der Waals surface area contributed by atoms with E-state index in [1.807, 2.05) is 54.6 Å². The summed E-state index contributed by atoms with van der Waals surface area (Å²) in [5.41, 5.74) is 2.17. The second-order valence-electron chi connectivity index (χ2n) is 5.92. The van der Waals surface area contributed by atoms with Crippen LogP contribution in [0.15, 0.2) is 60.3 Å². The summed E-state index contributed by atoms with van der Waals surface area (Å²) in [4.78, 5) is 26.5. The van der Waals surface area contributed by atoms with E-state index in [-0.39, 0.29) is 11.8 Å². The predicted molar refractivity (Wildman–Crippen MR) is 95.8 cm³/mol. The number of rotatable bonds is 4. The Kier molecular flexibility index (Phi) is 4.84. The largest absolute Gasteiger partial charge is 0.497 e. The van der Waals surface area contributed by atoms with Gasteiger partial charge in [-0.3, -0.25) is 9.59 Å². The highest BCUT2D eigenvalue weighted by Crippen LogP contribution is 2.19. The minimum Gasteiger partial charge on any atom is -0.497 e. The lowest BCUT2D eigenvalue weighted by molar-refractivity contribution is -0.138. The third kappa shape index (κ3) is 3.71. The number of methoxy groups -OCH3 is 1. The van der Waals surface area contributed by atoms with Crippen LogP contribution in [0, 0.1) is 0 Å². The van der Waals surface area contributed by atoms with Crippen molar-refractivity contribution in [2.45, 2.75) is 12.5 Å². The average Bonchev–Trinajstić information content (AvgIpc) is 2.64. The molecule has 1 aliphatic heterocycles. The molecule has 1 unspecified atom stereocenters. The van der Waals surface area contributed by atoms with E-state index in [1.54, 1.807) is 20.2 Å². The van der Waals surface area contributed by atoms with Gasteiger partial charge in [-0.05, 0) is 29.3 Å². The molecule has 5 heteroatoms. The Bertz CT molecular complexity index is 797. The monoisotopic (exact) mass is 336 g/mol. The van der Waals surface area contributed by atoms with Gasteiger partial charge in [-0.15, -0.1) is 0 Å². The zero-order valence-electron chi connectivity index (χ0n) is 14.2. The van der Waals surface area contributed by atoms with Gasteiger partial charge in [0.05, 0.1) is 7.11 Å². The van der Waals surface area contributed by atoms with Crippen molar-refractivity contribution in [1.29, 1.82) is 0 Å². The fourth-order valence-corrected chi connectivity index (χ4v) is 2.81. The molecule has 25 heavy (non-hydrogen) atoms. The number of nitrogens with zero attached hydrogens (tertiary/aromatic N) is 1. The maximum atomic E-state index is 12.6. The Labute approximate surface area is 146 Å². The molecule has 5 nitrogen and oxygen atoms in total. The number of nitrogens with one attached hydrogen (secondary N) is 1. The number of carbonyl (C=O) groups is 2. The first-order chi connectivity index (χ1) is 12.1. The number of benzene rings is 2. The third-order valence-corrected chi connectivity index (χ3v) is 4.23. The number of amides is 2. The van der Waals surface area contributed by atoms with Crippen molar-refractivity contribution in [2.75, 3.05) is 14.2 Å². The molecule has 1 N–H and O–H groups in total. The van der Waals surface area contributed by atoms with Crippen LogP contribution in [-0.2, 0) is 16.0 Å². The Morgan fingerprint density at radius 3 is 2.40 bits per heavy atom. The van der Waals surface area contributed by atoms with Gasteiger partial charge in [0, 0.05) is 13.5 Å². The highest BCUT2D eigenvalue weighted by atomic mass is 16.5. The number of likely N-dealkylation sites (N-methyl/N-ethyl adjacent to an activating group) is 1. The van der Waals surface area contributed by atoms with Crippen LogP contribution in [-0.4, -0.2) is 36.9 Å². The molecule has 1 saturated heterocycles. The molecule has 2 aromatic carbocycles. The van der Waals surface area contributed by atoms with E-state index in [4.69, 9.17) is 4.74 Å². The topological polar surface area (TPSA) is 58.6 Å². The standard InChI is InChI=1S/C20H20N2O3/c1-22-18(13-15-8-10-16(25-2)11-9-15)19(23)21-17(20(22)24)12-14-6-4-3-5-7-14/h3-11,13,17H,12H2,1-2H3,(H,21,23)/b18-13-. The second kappa shape index (κ2) is 7.21. The molecule has 1 atom stereocenters. The van der Waals surface area contributed by atoms with E-state index in [9.17, 15) is 9.59 Å². The van der Waals surface area contributed by atoms with Crippen molar-refractivity contribution < 1.29 is 14.3 Å². The first-order valence-corrected chi connectivity index (χ1v) is 8.06. The van der Waals surface area contributed by atoms with Gasteiger partial charge in [0.15, 0.2) is 0 Å². The fraction of sp³-hybridized carbons (Fsp3) is 0.200. The molecule has 1 aliphatic rings. The normalized spacial score (nSPS) is 19.0. The van der Waals surface area contributed by atoms with Gasteiger partial charge < -0.3 is 15.0 Å². The lowest BCUT2D eigenvalue weighted by Gasteiger charge is -2.32. The average molecular weight is 336 g/mol. The molecule has 1 heterocycles. The molecule has 128 valence electrons. The van der Waals surface area contributed by atoms with Crippen molar-refractivity contribution in [2.24, 2.45) is 0 Å². The van der Waals surface area contributed by atoms with Gasteiger partial charge in [-0.25, -0.2) is 0 Å². The van der Waals surface area contributed by atoms with Crippen molar-refractivity contribution in [3.05, 3.63) is 71.4 Å². The van der Waals surface area contributed by atoms with E-state index in [2.05, 4.69) is 5.32 Å². The molecular formula is C20H20N2O3. The first kappa shape index (κ1) is 16.8. The summed E-state index contributed by atoms with van der Waals surface area (Å²) in [7, 11) is 3.23. The van der Waals surface area contributed by atoms with Crippen molar-refractivity contribution >= 4 is 17.9 Å². The molecule has 2 aromatic rings. The second-order valence-corrected chi connectivity index (χ2v) is 5.92. The zero-order valence-corrected chi connectivity index (χ0v) is 14.2. The summed E-state index contributed by atoms with van der Waals surface area (Å²) in [6, 6.07) is 16.4. The van der Waals surface area contributed by atoms with Crippen molar-refractivity contribution in [1.82, 2.24) is 10.2 Å². The summed E-state index contributed by atoms with van der Waals surface area (Å²) in [6.07, 6.45) is 2.18. The number of hydrogen-bond donors (Lipinski definition) is 1. The van der Waals surface area contributed by atoms with Crippen molar-refractivity contribution in [3.8, 4) is 5.75 Å². The number of piperazine rings is 1. The minimum atomic E-state index is -0.548. The molecule has 1 fully saturated rings. The van der Waals surface area contributed by atoms with Gasteiger partial charge in [0.25, 0.3) is 5.91 Å². The third-order valence-electron chi connectivity index (χ3n) is 4.23. The summed E-state index contributed by atoms with van der Waals surface area (Å²) in [5, 5.41) is 2.81.